The summed E-state index contributed by atoms with van der Waals surface area (Å²) in [5, 5.41) is 36.9. The van der Waals surface area contributed by atoms with Crippen LogP contribution in [-0.4, -0.2) is 45.2 Å². The Morgan fingerprint density at radius 3 is 2.17 bits per heavy atom. The molecular formula is C18H34O5. The highest BCUT2D eigenvalue weighted by Crippen LogP contribution is 2.12. The number of allylic oxidation sites excluding steroid dienone is 1. The first-order chi connectivity index (χ1) is 11.1. The Bertz CT molecular complexity index is 304. The summed E-state index contributed by atoms with van der Waals surface area (Å²) in [6, 6.07) is 0. The summed E-state index contributed by atoms with van der Waals surface area (Å²) in [4.78, 5) is 10.3. The van der Waals surface area contributed by atoms with Crippen LogP contribution in [0.1, 0.15) is 77.0 Å². The van der Waals surface area contributed by atoms with Crippen LogP contribution in [0.4, 0.5) is 0 Å². The zero-order valence-electron chi connectivity index (χ0n) is 14.2. The van der Waals surface area contributed by atoms with Crippen LogP contribution in [0.5, 0.6) is 0 Å². The van der Waals surface area contributed by atoms with Crippen molar-refractivity contribution in [3.63, 3.8) is 0 Å². The van der Waals surface area contributed by atoms with Gasteiger partial charge >= 0.3 is 5.97 Å². The molecule has 5 nitrogen and oxygen atoms in total. The zero-order chi connectivity index (χ0) is 17.3. The largest absolute Gasteiger partial charge is 0.481 e. The summed E-state index contributed by atoms with van der Waals surface area (Å²) >= 11 is 0. The van der Waals surface area contributed by atoms with Crippen molar-refractivity contribution in [2.45, 2.75) is 89.3 Å². The minimum atomic E-state index is -0.745. The standard InChI is InChI=1S/C18H34O5/c19-15-11-7-2-1-4-8-12-16(20)17(21)13-9-5-3-6-10-14-18(22)23/h4,8,16-17,19-21H,1-3,5-7,9-15H2,(H,22,23)/b8-4-/t16-,17-/m1/s1. The van der Waals surface area contributed by atoms with E-state index in [-0.39, 0.29) is 13.0 Å². The molecule has 0 radical (unpaired) electrons. The number of unbranched alkanes of at least 4 members (excludes halogenated alkanes) is 7. The normalized spacial score (nSPS) is 14.2. The van der Waals surface area contributed by atoms with E-state index in [2.05, 4.69) is 0 Å². The van der Waals surface area contributed by atoms with Gasteiger partial charge in [0.25, 0.3) is 0 Å². The summed E-state index contributed by atoms with van der Waals surface area (Å²) < 4.78 is 0. The van der Waals surface area contributed by atoms with Gasteiger partial charge in [0.15, 0.2) is 0 Å². The van der Waals surface area contributed by atoms with Crippen LogP contribution >= 0.6 is 0 Å². The Morgan fingerprint density at radius 1 is 0.826 bits per heavy atom. The number of hydrogen-bond acceptors (Lipinski definition) is 4. The fourth-order valence-electron chi connectivity index (χ4n) is 2.41. The lowest BCUT2D eigenvalue weighted by Crippen LogP contribution is -2.25. The molecule has 0 aliphatic carbocycles. The Balaban J connectivity index is 3.49. The number of hydrogen-bond donors (Lipinski definition) is 4. The molecule has 0 heterocycles. The summed E-state index contributed by atoms with van der Waals surface area (Å²) in [7, 11) is 0. The number of aliphatic hydroxyl groups excluding tert-OH is 3. The molecule has 0 saturated carbocycles. The molecule has 0 aromatic carbocycles. The molecule has 0 aliphatic heterocycles. The highest BCUT2D eigenvalue weighted by molar-refractivity contribution is 5.66. The van der Waals surface area contributed by atoms with E-state index < -0.39 is 18.2 Å². The maximum Gasteiger partial charge on any atom is 0.303 e. The number of carbonyl (C=O) groups is 1. The van der Waals surface area contributed by atoms with Gasteiger partial charge in [-0.2, -0.15) is 0 Å². The zero-order valence-corrected chi connectivity index (χ0v) is 14.2. The molecule has 0 spiro atoms. The third-order valence-electron chi connectivity index (χ3n) is 3.91. The molecule has 4 N–H and O–H groups in total. The van der Waals surface area contributed by atoms with Crippen LogP contribution in [0.2, 0.25) is 0 Å². The lowest BCUT2D eigenvalue weighted by Gasteiger charge is -2.16. The van der Waals surface area contributed by atoms with Crippen molar-refractivity contribution in [3.05, 3.63) is 12.2 Å². The first-order valence-electron chi connectivity index (χ1n) is 8.91. The van der Waals surface area contributed by atoms with Crippen LogP contribution in [0.15, 0.2) is 12.2 Å². The molecule has 0 rings (SSSR count). The molecular weight excluding hydrogens is 296 g/mol. The van der Waals surface area contributed by atoms with Crippen molar-refractivity contribution in [1.29, 1.82) is 0 Å². The van der Waals surface area contributed by atoms with E-state index in [0.29, 0.717) is 19.3 Å². The van der Waals surface area contributed by atoms with E-state index in [0.717, 1.165) is 51.4 Å². The summed E-state index contributed by atoms with van der Waals surface area (Å²) in [6.07, 6.45) is 12.1. The predicted molar refractivity (Wildman–Crippen MR) is 91.3 cm³/mol. The van der Waals surface area contributed by atoms with Gasteiger partial charge in [0, 0.05) is 13.0 Å². The van der Waals surface area contributed by atoms with Gasteiger partial charge in [0.2, 0.25) is 0 Å². The minimum absolute atomic E-state index is 0.230. The number of rotatable bonds is 16. The quantitative estimate of drug-likeness (QED) is 0.258. The average molecular weight is 330 g/mol. The second-order valence-electron chi connectivity index (χ2n) is 6.11. The smallest absolute Gasteiger partial charge is 0.303 e. The molecule has 5 heteroatoms. The third kappa shape index (κ3) is 15.8. The van der Waals surface area contributed by atoms with Gasteiger partial charge in [0.05, 0.1) is 12.2 Å². The Morgan fingerprint density at radius 2 is 1.48 bits per heavy atom. The van der Waals surface area contributed by atoms with Gasteiger partial charge in [-0.3, -0.25) is 4.79 Å². The first-order valence-corrected chi connectivity index (χ1v) is 8.91. The molecule has 0 aliphatic rings. The van der Waals surface area contributed by atoms with E-state index in [9.17, 15) is 15.0 Å². The second-order valence-corrected chi connectivity index (χ2v) is 6.11. The predicted octanol–water partition coefficient (Wildman–Crippen LogP) is 3.02. The van der Waals surface area contributed by atoms with E-state index in [1.54, 1.807) is 0 Å². The van der Waals surface area contributed by atoms with Crippen LogP contribution < -0.4 is 0 Å². The second kappa shape index (κ2) is 16.0. The van der Waals surface area contributed by atoms with Crippen molar-refractivity contribution >= 4 is 5.97 Å². The van der Waals surface area contributed by atoms with Crippen molar-refractivity contribution in [1.82, 2.24) is 0 Å². The number of carboxylic acid groups (broad SMARTS) is 1. The van der Waals surface area contributed by atoms with Crippen LogP contribution in [0.25, 0.3) is 0 Å². The van der Waals surface area contributed by atoms with Gasteiger partial charge in [-0.25, -0.2) is 0 Å². The van der Waals surface area contributed by atoms with Crippen LogP contribution in [-0.2, 0) is 4.79 Å². The molecule has 2 atom stereocenters. The third-order valence-corrected chi connectivity index (χ3v) is 3.91. The van der Waals surface area contributed by atoms with Gasteiger partial charge in [-0.05, 0) is 38.5 Å². The Labute approximate surface area is 140 Å². The molecule has 23 heavy (non-hydrogen) atoms. The van der Waals surface area contributed by atoms with Crippen molar-refractivity contribution in [3.8, 4) is 0 Å². The topological polar surface area (TPSA) is 98.0 Å². The van der Waals surface area contributed by atoms with E-state index in [1.807, 2.05) is 12.2 Å². The number of aliphatic hydroxyl groups is 3. The van der Waals surface area contributed by atoms with E-state index >= 15 is 0 Å². The van der Waals surface area contributed by atoms with Crippen molar-refractivity contribution in [2.24, 2.45) is 0 Å². The van der Waals surface area contributed by atoms with Gasteiger partial charge in [-0.15, -0.1) is 0 Å². The molecule has 0 saturated heterocycles. The molecule has 0 amide bonds. The molecule has 0 bridgehead atoms. The molecule has 136 valence electrons. The number of carboxylic acids is 1. The molecule has 0 aromatic rings. The SMILES string of the molecule is O=C(O)CCCCCCC[C@@H](O)[C@H](O)C/C=C\CCCCCO. The highest BCUT2D eigenvalue weighted by atomic mass is 16.4. The fourth-order valence-corrected chi connectivity index (χ4v) is 2.41. The fraction of sp³-hybridized carbons (Fsp3) is 0.833. The maximum atomic E-state index is 10.3. The molecule has 0 unspecified atom stereocenters. The first kappa shape index (κ1) is 22.1. The van der Waals surface area contributed by atoms with Gasteiger partial charge in [-0.1, -0.05) is 44.3 Å². The van der Waals surface area contributed by atoms with Crippen molar-refractivity contribution in [2.75, 3.05) is 6.61 Å². The summed E-state index contributed by atoms with van der Waals surface area (Å²) in [5.41, 5.74) is 0. The molecule has 0 aromatic heterocycles. The monoisotopic (exact) mass is 330 g/mol. The number of aliphatic carboxylic acids is 1. The Kier molecular flexibility index (Phi) is 15.3. The minimum Gasteiger partial charge on any atom is -0.481 e. The van der Waals surface area contributed by atoms with Crippen LogP contribution in [0.3, 0.4) is 0 Å². The highest BCUT2D eigenvalue weighted by Gasteiger charge is 2.13. The summed E-state index contributed by atoms with van der Waals surface area (Å²) in [6.45, 7) is 0.244. The van der Waals surface area contributed by atoms with E-state index in [1.165, 1.54) is 0 Å². The summed E-state index contributed by atoms with van der Waals surface area (Å²) in [5.74, 6) is -0.745. The van der Waals surface area contributed by atoms with Gasteiger partial charge in [0.1, 0.15) is 0 Å². The average Bonchev–Trinajstić information content (AvgIpc) is 2.52. The maximum absolute atomic E-state index is 10.3. The van der Waals surface area contributed by atoms with Crippen molar-refractivity contribution < 1.29 is 25.2 Å². The lowest BCUT2D eigenvalue weighted by molar-refractivity contribution is -0.137. The van der Waals surface area contributed by atoms with E-state index in [4.69, 9.17) is 10.2 Å². The Hall–Kier alpha value is -0.910. The van der Waals surface area contributed by atoms with Gasteiger partial charge < -0.3 is 20.4 Å². The van der Waals surface area contributed by atoms with Crippen LogP contribution in [0, 0.1) is 0 Å². The lowest BCUT2D eigenvalue weighted by atomic mass is 10.0. The molecule has 0 fully saturated rings.